The van der Waals surface area contributed by atoms with Crippen molar-refractivity contribution in [3.8, 4) is 6.07 Å². The number of hydrogen-bond donors (Lipinski definition) is 1. The number of nitrogens with zero attached hydrogens (tertiary/aromatic N) is 3. The average molecular weight is 340 g/mol. The molecule has 1 amide bonds. The van der Waals surface area contributed by atoms with Crippen LogP contribution in [-0.2, 0) is 6.54 Å². The third kappa shape index (κ3) is 3.90. The van der Waals surface area contributed by atoms with Crippen molar-refractivity contribution in [3.63, 3.8) is 0 Å². The molecule has 1 N–H and O–H groups in total. The van der Waals surface area contributed by atoms with Gasteiger partial charge in [-0.05, 0) is 37.6 Å². The summed E-state index contributed by atoms with van der Waals surface area (Å²) in [4.78, 5) is 34.4. The first-order chi connectivity index (χ1) is 11.8. The molecule has 0 bridgehead atoms. The van der Waals surface area contributed by atoms with E-state index in [1.165, 1.54) is 28.8 Å². The molecule has 0 aliphatic heterocycles. The molecule has 0 fully saturated rings. The second-order valence-corrected chi connectivity index (χ2v) is 5.47. The van der Waals surface area contributed by atoms with Gasteiger partial charge in [0, 0.05) is 36.5 Å². The predicted octanol–water partition coefficient (Wildman–Crippen LogP) is 1.68. The van der Waals surface area contributed by atoms with Crippen LogP contribution in [0.3, 0.4) is 0 Å². The predicted molar refractivity (Wildman–Crippen MR) is 90.3 cm³/mol. The summed E-state index contributed by atoms with van der Waals surface area (Å²) in [6.07, 6.45) is 0. The Morgan fingerprint density at radius 2 is 1.96 bits per heavy atom. The van der Waals surface area contributed by atoms with Gasteiger partial charge >= 0.3 is 0 Å². The van der Waals surface area contributed by atoms with Crippen LogP contribution in [0.2, 0.25) is 0 Å². The van der Waals surface area contributed by atoms with Gasteiger partial charge in [-0.15, -0.1) is 0 Å². The molecule has 0 radical (unpaired) electrons. The van der Waals surface area contributed by atoms with Crippen LogP contribution in [0.1, 0.15) is 27.2 Å². The Morgan fingerprint density at radius 1 is 1.32 bits per heavy atom. The molecule has 0 saturated heterocycles. The summed E-state index contributed by atoms with van der Waals surface area (Å²) in [5, 5.41) is 22.3. The van der Waals surface area contributed by atoms with Crippen LogP contribution in [-0.4, -0.2) is 21.9 Å². The number of rotatable bonds is 5. The highest BCUT2D eigenvalue weighted by atomic mass is 16.6. The van der Waals surface area contributed by atoms with Crippen molar-refractivity contribution >= 4 is 11.6 Å². The summed E-state index contributed by atoms with van der Waals surface area (Å²) in [6, 6.07) is 8.88. The zero-order valence-corrected chi connectivity index (χ0v) is 13.8. The molecule has 8 heteroatoms. The summed E-state index contributed by atoms with van der Waals surface area (Å²) in [5.41, 5.74) is 1.22. The van der Waals surface area contributed by atoms with Gasteiger partial charge in [-0.3, -0.25) is 19.7 Å². The Kier molecular flexibility index (Phi) is 5.29. The van der Waals surface area contributed by atoms with E-state index in [0.717, 1.165) is 0 Å². The Hall–Kier alpha value is -3.47. The molecule has 1 heterocycles. The average Bonchev–Trinajstić information content (AvgIpc) is 2.57. The maximum atomic E-state index is 12.3. The topological polar surface area (TPSA) is 118 Å². The highest BCUT2D eigenvalue weighted by Gasteiger charge is 2.11. The highest BCUT2D eigenvalue weighted by Crippen LogP contribution is 2.11. The number of benzene rings is 1. The number of aromatic nitrogens is 1. The first-order valence-corrected chi connectivity index (χ1v) is 7.49. The number of carbonyl (C=O) groups is 1. The van der Waals surface area contributed by atoms with E-state index in [9.17, 15) is 19.7 Å². The lowest BCUT2D eigenvalue weighted by molar-refractivity contribution is -0.384. The van der Waals surface area contributed by atoms with Crippen LogP contribution >= 0.6 is 0 Å². The van der Waals surface area contributed by atoms with Crippen LogP contribution in [0.4, 0.5) is 5.69 Å². The second kappa shape index (κ2) is 7.40. The van der Waals surface area contributed by atoms with Crippen molar-refractivity contribution in [3.05, 3.63) is 73.2 Å². The molecular weight excluding hydrogens is 324 g/mol. The summed E-state index contributed by atoms with van der Waals surface area (Å²) in [7, 11) is 0. The standard InChI is InChI=1S/C17H16N4O4/c1-11-9-12(2)20(17(23)15(11)10-18)8-7-19-16(22)13-3-5-14(6-4-13)21(24)25/h3-6,9H,7-8H2,1-2H3,(H,19,22). The van der Waals surface area contributed by atoms with Crippen molar-refractivity contribution in [2.45, 2.75) is 20.4 Å². The fraction of sp³-hybridized carbons (Fsp3) is 0.235. The summed E-state index contributed by atoms with van der Waals surface area (Å²) in [5.74, 6) is -0.395. The Bertz CT molecular complexity index is 923. The zero-order valence-electron chi connectivity index (χ0n) is 13.8. The van der Waals surface area contributed by atoms with Crippen molar-refractivity contribution in [1.82, 2.24) is 9.88 Å². The lowest BCUT2D eigenvalue weighted by Gasteiger charge is -2.12. The lowest BCUT2D eigenvalue weighted by atomic mass is 10.1. The maximum absolute atomic E-state index is 12.3. The third-order valence-electron chi connectivity index (χ3n) is 3.78. The van der Waals surface area contributed by atoms with Gasteiger partial charge in [0.1, 0.15) is 11.6 Å². The third-order valence-corrected chi connectivity index (χ3v) is 3.78. The van der Waals surface area contributed by atoms with Crippen LogP contribution < -0.4 is 10.9 Å². The van der Waals surface area contributed by atoms with Crippen molar-refractivity contribution < 1.29 is 9.72 Å². The molecule has 2 rings (SSSR count). The second-order valence-electron chi connectivity index (χ2n) is 5.47. The van der Waals surface area contributed by atoms with Crippen LogP contribution in [0.15, 0.2) is 35.1 Å². The quantitative estimate of drug-likeness (QED) is 0.656. The molecule has 0 atom stereocenters. The van der Waals surface area contributed by atoms with Crippen LogP contribution in [0.5, 0.6) is 0 Å². The van der Waals surface area contributed by atoms with E-state index in [-0.39, 0.29) is 35.5 Å². The first kappa shape index (κ1) is 17.9. The molecule has 0 saturated carbocycles. The minimum absolute atomic E-state index is 0.0901. The molecular formula is C17H16N4O4. The van der Waals surface area contributed by atoms with Crippen LogP contribution in [0.25, 0.3) is 0 Å². The highest BCUT2D eigenvalue weighted by molar-refractivity contribution is 5.94. The van der Waals surface area contributed by atoms with E-state index in [2.05, 4.69) is 5.32 Å². The SMILES string of the molecule is Cc1cc(C)n(CCNC(=O)c2ccc([N+](=O)[O-])cc2)c(=O)c1C#N. The maximum Gasteiger partial charge on any atom is 0.269 e. The Morgan fingerprint density at radius 3 is 2.52 bits per heavy atom. The van der Waals surface area contributed by atoms with Crippen molar-refractivity contribution in [2.24, 2.45) is 0 Å². The lowest BCUT2D eigenvalue weighted by Crippen LogP contribution is -2.33. The fourth-order valence-corrected chi connectivity index (χ4v) is 2.46. The van der Waals surface area contributed by atoms with E-state index >= 15 is 0 Å². The number of non-ortho nitro benzene ring substituents is 1. The monoisotopic (exact) mass is 340 g/mol. The van der Waals surface area contributed by atoms with Crippen molar-refractivity contribution in [1.29, 1.82) is 5.26 Å². The Labute approximate surface area is 143 Å². The summed E-state index contributed by atoms with van der Waals surface area (Å²) < 4.78 is 1.43. The molecule has 1 aromatic heterocycles. The zero-order chi connectivity index (χ0) is 18.6. The number of nitro benzene ring substituents is 1. The van der Waals surface area contributed by atoms with Gasteiger partial charge in [-0.25, -0.2) is 0 Å². The number of nitrogens with one attached hydrogen (secondary N) is 1. The summed E-state index contributed by atoms with van der Waals surface area (Å²) in [6.45, 7) is 3.87. The van der Waals surface area contributed by atoms with Gasteiger partial charge in [-0.2, -0.15) is 5.26 Å². The van der Waals surface area contributed by atoms with Gasteiger partial charge in [0.15, 0.2) is 0 Å². The van der Waals surface area contributed by atoms with Gasteiger partial charge in [0.25, 0.3) is 17.2 Å². The smallest absolute Gasteiger partial charge is 0.269 e. The fourth-order valence-electron chi connectivity index (χ4n) is 2.46. The molecule has 0 unspecified atom stereocenters. The molecule has 128 valence electrons. The molecule has 0 spiro atoms. The molecule has 0 aliphatic carbocycles. The number of aryl methyl sites for hydroxylation is 2. The number of amides is 1. The molecule has 2 aromatic rings. The van der Waals surface area contributed by atoms with Gasteiger partial charge < -0.3 is 9.88 Å². The van der Waals surface area contributed by atoms with Crippen molar-refractivity contribution in [2.75, 3.05) is 6.54 Å². The van der Waals surface area contributed by atoms with E-state index in [1.54, 1.807) is 19.9 Å². The number of carbonyl (C=O) groups excluding carboxylic acids is 1. The Balaban J connectivity index is 2.06. The minimum atomic E-state index is -0.541. The van der Waals surface area contributed by atoms with E-state index < -0.39 is 10.8 Å². The molecule has 25 heavy (non-hydrogen) atoms. The normalized spacial score (nSPS) is 10.1. The summed E-state index contributed by atoms with van der Waals surface area (Å²) >= 11 is 0. The first-order valence-electron chi connectivity index (χ1n) is 7.49. The van der Waals surface area contributed by atoms with E-state index in [0.29, 0.717) is 11.3 Å². The number of pyridine rings is 1. The molecule has 0 aliphatic rings. The number of nitriles is 1. The largest absolute Gasteiger partial charge is 0.350 e. The van der Waals surface area contributed by atoms with E-state index in [1.807, 2.05) is 6.07 Å². The molecule has 1 aromatic carbocycles. The number of hydrogen-bond acceptors (Lipinski definition) is 5. The molecule has 8 nitrogen and oxygen atoms in total. The van der Waals surface area contributed by atoms with Gasteiger partial charge in [0.05, 0.1) is 4.92 Å². The number of nitro groups is 1. The van der Waals surface area contributed by atoms with Gasteiger partial charge in [-0.1, -0.05) is 0 Å². The van der Waals surface area contributed by atoms with E-state index in [4.69, 9.17) is 5.26 Å². The van der Waals surface area contributed by atoms with Gasteiger partial charge in [0.2, 0.25) is 0 Å². The van der Waals surface area contributed by atoms with Crippen LogP contribution in [0, 0.1) is 35.3 Å². The minimum Gasteiger partial charge on any atom is -0.350 e.